The van der Waals surface area contributed by atoms with E-state index in [0.717, 1.165) is 47.9 Å². The number of rotatable bonds is 9. The largest absolute Gasteiger partial charge is 0.398 e. The van der Waals surface area contributed by atoms with Crippen LogP contribution in [0.1, 0.15) is 16.8 Å². The summed E-state index contributed by atoms with van der Waals surface area (Å²) in [4.78, 5) is 7.25. The summed E-state index contributed by atoms with van der Waals surface area (Å²) >= 11 is 0. The molecule has 2 N–H and O–H groups in total. The Hall–Kier alpha value is -2.41. The highest BCUT2D eigenvalue weighted by Crippen LogP contribution is 2.28. The Morgan fingerprint density at radius 1 is 1.00 bits per heavy atom. The lowest BCUT2D eigenvalue weighted by Crippen LogP contribution is -2.31. The van der Waals surface area contributed by atoms with Crippen LogP contribution in [0.3, 0.4) is 0 Å². The molecule has 1 aromatic carbocycles. The highest BCUT2D eigenvalue weighted by molar-refractivity contribution is 5.68. The quantitative estimate of drug-likeness (QED) is 0.615. The zero-order chi connectivity index (χ0) is 20.1. The molecule has 3 rings (SSSR count). The lowest BCUT2D eigenvalue weighted by Gasteiger charge is -2.22. The number of hydrogen-bond donors (Lipinski definition) is 1. The van der Waals surface area contributed by atoms with E-state index in [0.29, 0.717) is 13.2 Å². The smallest absolute Gasteiger partial charge is 0.137 e. The number of aryl methyl sites for hydroxylation is 2. The van der Waals surface area contributed by atoms with Crippen molar-refractivity contribution in [3.05, 3.63) is 53.3 Å². The van der Waals surface area contributed by atoms with Crippen LogP contribution >= 0.6 is 0 Å². The van der Waals surface area contributed by atoms with Gasteiger partial charge in [0, 0.05) is 51.3 Å². The molecule has 0 unspecified atom stereocenters. The van der Waals surface area contributed by atoms with E-state index in [1.807, 2.05) is 18.3 Å². The van der Waals surface area contributed by atoms with Gasteiger partial charge in [-0.15, -0.1) is 0 Å². The first-order valence-corrected chi connectivity index (χ1v) is 9.57. The summed E-state index contributed by atoms with van der Waals surface area (Å²) in [5.74, 6) is 0. The van der Waals surface area contributed by atoms with Gasteiger partial charge in [-0.1, -0.05) is 12.1 Å². The molecule has 0 spiro atoms. The predicted octanol–water partition coefficient (Wildman–Crippen LogP) is 3.30. The summed E-state index contributed by atoms with van der Waals surface area (Å²) in [6, 6.07) is 10.4. The first-order chi connectivity index (χ1) is 13.5. The van der Waals surface area contributed by atoms with E-state index in [1.165, 1.54) is 11.1 Å². The van der Waals surface area contributed by atoms with Gasteiger partial charge in [0.1, 0.15) is 5.65 Å². The molecule has 2 heterocycles. The number of ether oxygens (including phenoxy) is 2. The van der Waals surface area contributed by atoms with E-state index >= 15 is 0 Å². The lowest BCUT2D eigenvalue weighted by molar-refractivity contribution is 0.109. The minimum Gasteiger partial charge on any atom is -0.398 e. The van der Waals surface area contributed by atoms with E-state index in [9.17, 15) is 0 Å². The van der Waals surface area contributed by atoms with Crippen molar-refractivity contribution >= 4 is 11.3 Å². The molecule has 0 radical (unpaired) electrons. The fraction of sp³-hybridized carbons (Fsp3) is 0.409. The van der Waals surface area contributed by atoms with E-state index in [1.54, 1.807) is 14.2 Å². The summed E-state index contributed by atoms with van der Waals surface area (Å²) in [6.07, 6.45) is 1.95. The number of aromatic nitrogens is 2. The molecule has 0 saturated heterocycles. The van der Waals surface area contributed by atoms with Crippen LogP contribution in [0.25, 0.3) is 16.9 Å². The van der Waals surface area contributed by atoms with Gasteiger partial charge in [-0.2, -0.15) is 0 Å². The Bertz CT molecular complexity index is 928. The normalized spacial score (nSPS) is 11.6. The van der Waals surface area contributed by atoms with Crippen LogP contribution in [0, 0.1) is 13.8 Å². The van der Waals surface area contributed by atoms with Gasteiger partial charge in [0.2, 0.25) is 0 Å². The van der Waals surface area contributed by atoms with Crippen molar-refractivity contribution in [2.75, 3.05) is 46.3 Å². The molecule has 0 aliphatic heterocycles. The number of nitrogen functional groups attached to an aromatic ring is 1. The van der Waals surface area contributed by atoms with Gasteiger partial charge in [0.25, 0.3) is 0 Å². The first-order valence-electron chi connectivity index (χ1n) is 9.57. The van der Waals surface area contributed by atoms with Crippen LogP contribution in [0.2, 0.25) is 0 Å². The number of anilines is 1. The van der Waals surface area contributed by atoms with Crippen LogP contribution in [-0.4, -0.2) is 54.8 Å². The molecule has 0 atom stereocenters. The monoisotopic (exact) mass is 382 g/mol. The van der Waals surface area contributed by atoms with Crippen molar-refractivity contribution in [3.63, 3.8) is 0 Å². The maximum absolute atomic E-state index is 6.07. The molecule has 0 aliphatic rings. The van der Waals surface area contributed by atoms with E-state index in [4.69, 9.17) is 20.2 Å². The molecular weight excluding hydrogens is 352 g/mol. The number of imidazole rings is 1. The molecule has 28 heavy (non-hydrogen) atoms. The van der Waals surface area contributed by atoms with Crippen LogP contribution in [0.15, 0.2) is 36.5 Å². The van der Waals surface area contributed by atoms with Crippen LogP contribution in [0.4, 0.5) is 5.69 Å². The zero-order valence-corrected chi connectivity index (χ0v) is 17.2. The molecule has 150 valence electrons. The molecule has 0 amide bonds. The number of benzene rings is 1. The topological polar surface area (TPSA) is 65.0 Å². The fourth-order valence-corrected chi connectivity index (χ4v) is 3.30. The van der Waals surface area contributed by atoms with Gasteiger partial charge >= 0.3 is 0 Å². The second-order valence-corrected chi connectivity index (χ2v) is 7.16. The van der Waals surface area contributed by atoms with E-state index in [2.05, 4.69) is 41.3 Å². The molecular formula is C22H30N4O2. The van der Waals surface area contributed by atoms with Gasteiger partial charge in [0.15, 0.2) is 0 Å². The lowest BCUT2D eigenvalue weighted by atomic mass is 10.0. The summed E-state index contributed by atoms with van der Waals surface area (Å²) in [7, 11) is 3.45. The third-order valence-electron chi connectivity index (χ3n) is 5.12. The minimum atomic E-state index is 0.668. The van der Waals surface area contributed by atoms with Gasteiger partial charge in [0.05, 0.1) is 24.6 Å². The van der Waals surface area contributed by atoms with Gasteiger partial charge in [-0.05, 0) is 43.2 Å². The Labute approximate surface area is 166 Å². The molecule has 0 bridgehead atoms. The fourth-order valence-electron chi connectivity index (χ4n) is 3.30. The highest BCUT2D eigenvalue weighted by atomic mass is 16.5. The number of nitrogens with two attached hydrogens (primary N) is 1. The molecule has 0 aliphatic carbocycles. The summed E-state index contributed by atoms with van der Waals surface area (Å²) in [6.45, 7) is 7.98. The molecule has 6 nitrogen and oxygen atoms in total. The second kappa shape index (κ2) is 9.19. The Morgan fingerprint density at radius 2 is 1.71 bits per heavy atom. The van der Waals surface area contributed by atoms with Crippen LogP contribution in [-0.2, 0) is 16.0 Å². The summed E-state index contributed by atoms with van der Waals surface area (Å²) < 4.78 is 12.7. The maximum atomic E-state index is 6.07. The predicted molar refractivity (Wildman–Crippen MR) is 114 cm³/mol. The minimum absolute atomic E-state index is 0.668. The van der Waals surface area contributed by atoms with Crippen LogP contribution < -0.4 is 5.73 Å². The van der Waals surface area contributed by atoms with E-state index in [-0.39, 0.29) is 0 Å². The molecule has 3 aromatic rings. The van der Waals surface area contributed by atoms with Gasteiger partial charge < -0.3 is 19.6 Å². The van der Waals surface area contributed by atoms with Crippen molar-refractivity contribution in [1.29, 1.82) is 0 Å². The molecule has 0 saturated carbocycles. The Balaban J connectivity index is 2.06. The number of fused-ring (bicyclic) bond motifs is 1. The number of pyridine rings is 1. The molecule has 2 aromatic heterocycles. The van der Waals surface area contributed by atoms with Crippen molar-refractivity contribution in [1.82, 2.24) is 14.3 Å². The third kappa shape index (κ3) is 4.52. The standard InChI is InChI=1S/C22H30N4O2/c1-16-5-6-18(13-17(16)2)22-20(15-25(9-11-27-3)10-12-28-4)26-14-19(23)7-8-21(26)24-22/h5-8,13-14H,9-12,15,23H2,1-4H3. The van der Waals surface area contributed by atoms with Crippen molar-refractivity contribution < 1.29 is 9.47 Å². The van der Waals surface area contributed by atoms with Crippen molar-refractivity contribution in [2.24, 2.45) is 0 Å². The average Bonchev–Trinajstić information content (AvgIpc) is 3.03. The number of nitrogens with zero attached hydrogens (tertiary/aromatic N) is 3. The average molecular weight is 383 g/mol. The van der Waals surface area contributed by atoms with E-state index < -0.39 is 0 Å². The van der Waals surface area contributed by atoms with Crippen molar-refractivity contribution in [3.8, 4) is 11.3 Å². The molecule has 0 fully saturated rings. The highest BCUT2D eigenvalue weighted by Gasteiger charge is 2.18. The summed E-state index contributed by atoms with van der Waals surface area (Å²) in [5.41, 5.74) is 13.5. The van der Waals surface area contributed by atoms with Gasteiger partial charge in [-0.3, -0.25) is 4.90 Å². The number of hydrogen-bond acceptors (Lipinski definition) is 5. The SMILES string of the molecule is COCCN(CCOC)Cc1c(-c2ccc(C)c(C)c2)nc2ccc(N)cn12. The molecule has 6 heteroatoms. The second-order valence-electron chi connectivity index (χ2n) is 7.16. The first kappa shape index (κ1) is 20.3. The third-order valence-corrected chi connectivity index (χ3v) is 5.12. The maximum Gasteiger partial charge on any atom is 0.137 e. The van der Waals surface area contributed by atoms with Gasteiger partial charge in [-0.25, -0.2) is 4.98 Å². The zero-order valence-electron chi connectivity index (χ0n) is 17.2. The number of methoxy groups -OCH3 is 2. The Kier molecular flexibility index (Phi) is 6.67. The Morgan fingerprint density at radius 3 is 2.36 bits per heavy atom. The summed E-state index contributed by atoms with van der Waals surface area (Å²) in [5, 5.41) is 0. The van der Waals surface area contributed by atoms with Crippen LogP contribution in [0.5, 0.6) is 0 Å². The van der Waals surface area contributed by atoms with Crippen molar-refractivity contribution in [2.45, 2.75) is 20.4 Å².